The lowest BCUT2D eigenvalue weighted by molar-refractivity contribution is -0.130. The molecule has 2 amide bonds. The second-order valence-electron chi connectivity index (χ2n) is 5.46. The summed E-state index contributed by atoms with van der Waals surface area (Å²) in [6.45, 7) is 1.85. The zero-order chi connectivity index (χ0) is 15.9. The minimum absolute atomic E-state index is 0.0449. The van der Waals surface area contributed by atoms with Gasteiger partial charge in [-0.05, 0) is 30.5 Å². The molecule has 2 rings (SSSR count). The van der Waals surface area contributed by atoms with Crippen LogP contribution in [-0.4, -0.2) is 41.5 Å². The van der Waals surface area contributed by atoms with Gasteiger partial charge in [0.25, 0.3) is 0 Å². The number of benzene rings is 1. The second kappa shape index (κ2) is 7.89. The van der Waals surface area contributed by atoms with E-state index in [0.717, 1.165) is 25.9 Å². The summed E-state index contributed by atoms with van der Waals surface area (Å²) in [5, 5.41) is 12.5. The summed E-state index contributed by atoms with van der Waals surface area (Å²) < 4.78 is 13.1. The van der Waals surface area contributed by atoms with E-state index in [1.807, 2.05) is 0 Å². The molecule has 0 spiro atoms. The Kier molecular flexibility index (Phi) is 5.89. The molecule has 1 heterocycles. The van der Waals surface area contributed by atoms with Gasteiger partial charge in [0.1, 0.15) is 5.82 Å². The van der Waals surface area contributed by atoms with Crippen LogP contribution in [0.15, 0.2) is 24.3 Å². The molecule has 0 aromatic heterocycles. The first kappa shape index (κ1) is 16.4. The van der Waals surface area contributed by atoms with E-state index in [4.69, 9.17) is 0 Å². The van der Waals surface area contributed by atoms with E-state index in [0.29, 0.717) is 5.56 Å². The largest absolute Gasteiger partial charge is 0.388 e. The quantitative estimate of drug-likeness (QED) is 0.834. The summed E-state index contributed by atoms with van der Waals surface area (Å²) in [6, 6.07) is 5.54. The molecule has 1 atom stereocenters. The number of hydrogen-bond acceptors (Lipinski definition) is 3. The number of hydrogen-bond donors (Lipinski definition) is 2. The summed E-state index contributed by atoms with van der Waals surface area (Å²) in [7, 11) is 0. The number of aliphatic hydroxyl groups is 1. The van der Waals surface area contributed by atoms with E-state index >= 15 is 0 Å². The van der Waals surface area contributed by atoms with Gasteiger partial charge in [-0.1, -0.05) is 12.1 Å². The van der Waals surface area contributed by atoms with Crippen LogP contribution in [0.3, 0.4) is 0 Å². The standard InChI is InChI=1S/C16H21FN2O3/c17-13-5-3-4-12(10-13)14(20)11-15(21)18-7-6-16(22)19-8-1-2-9-19/h3-5,10,14,20H,1-2,6-9,11H2,(H,18,21). The molecular weight excluding hydrogens is 287 g/mol. The molecular formula is C16H21FN2O3. The molecule has 0 saturated carbocycles. The Balaban J connectivity index is 1.70. The molecule has 1 unspecified atom stereocenters. The zero-order valence-electron chi connectivity index (χ0n) is 12.4. The van der Waals surface area contributed by atoms with Crippen LogP contribution in [0.25, 0.3) is 0 Å². The van der Waals surface area contributed by atoms with Gasteiger partial charge in [-0.25, -0.2) is 4.39 Å². The Labute approximate surface area is 129 Å². The van der Waals surface area contributed by atoms with Crippen LogP contribution >= 0.6 is 0 Å². The third kappa shape index (κ3) is 4.80. The van der Waals surface area contributed by atoms with Gasteiger partial charge in [0, 0.05) is 26.1 Å². The van der Waals surface area contributed by atoms with Crippen LogP contribution in [0.5, 0.6) is 0 Å². The number of likely N-dealkylation sites (tertiary alicyclic amines) is 1. The van der Waals surface area contributed by atoms with E-state index in [-0.39, 0.29) is 31.2 Å². The van der Waals surface area contributed by atoms with Crippen molar-refractivity contribution in [1.29, 1.82) is 0 Å². The van der Waals surface area contributed by atoms with Crippen molar-refractivity contribution in [2.45, 2.75) is 31.8 Å². The minimum Gasteiger partial charge on any atom is -0.388 e. The van der Waals surface area contributed by atoms with Gasteiger partial charge in [0.2, 0.25) is 11.8 Å². The third-order valence-corrected chi connectivity index (χ3v) is 3.73. The number of amides is 2. The van der Waals surface area contributed by atoms with Gasteiger partial charge in [-0.3, -0.25) is 9.59 Å². The highest BCUT2D eigenvalue weighted by Gasteiger charge is 2.18. The first-order valence-electron chi connectivity index (χ1n) is 7.54. The molecule has 2 N–H and O–H groups in total. The Morgan fingerprint density at radius 2 is 2.05 bits per heavy atom. The average Bonchev–Trinajstić information content (AvgIpc) is 3.01. The van der Waals surface area contributed by atoms with Gasteiger partial charge in [0.15, 0.2) is 0 Å². The molecule has 1 aliphatic rings. The van der Waals surface area contributed by atoms with Gasteiger partial charge in [0.05, 0.1) is 12.5 Å². The van der Waals surface area contributed by atoms with Gasteiger partial charge in [-0.15, -0.1) is 0 Å². The molecule has 0 radical (unpaired) electrons. The highest BCUT2D eigenvalue weighted by atomic mass is 19.1. The zero-order valence-corrected chi connectivity index (χ0v) is 12.4. The molecule has 0 aliphatic carbocycles. The second-order valence-corrected chi connectivity index (χ2v) is 5.46. The highest BCUT2D eigenvalue weighted by Crippen LogP contribution is 2.17. The molecule has 120 valence electrons. The monoisotopic (exact) mass is 308 g/mol. The van der Waals surface area contributed by atoms with Crippen molar-refractivity contribution in [1.82, 2.24) is 10.2 Å². The number of nitrogens with one attached hydrogen (secondary N) is 1. The van der Waals surface area contributed by atoms with Crippen LogP contribution in [0.1, 0.15) is 37.4 Å². The number of carbonyl (C=O) groups is 2. The maximum atomic E-state index is 13.1. The minimum atomic E-state index is -1.05. The van der Waals surface area contributed by atoms with E-state index in [1.54, 1.807) is 11.0 Å². The van der Waals surface area contributed by atoms with Crippen molar-refractivity contribution in [3.05, 3.63) is 35.6 Å². The molecule has 1 aromatic rings. The third-order valence-electron chi connectivity index (χ3n) is 3.73. The topological polar surface area (TPSA) is 69.6 Å². The fourth-order valence-corrected chi connectivity index (χ4v) is 2.51. The predicted octanol–water partition coefficient (Wildman–Crippen LogP) is 1.38. The van der Waals surface area contributed by atoms with Gasteiger partial charge >= 0.3 is 0 Å². The lowest BCUT2D eigenvalue weighted by Gasteiger charge is -2.15. The van der Waals surface area contributed by atoms with E-state index in [2.05, 4.69) is 5.32 Å². The van der Waals surface area contributed by atoms with Crippen molar-refractivity contribution in [3.8, 4) is 0 Å². The fourth-order valence-electron chi connectivity index (χ4n) is 2.51. The number of rotatable bonds is 6. The maximum absolute atomic E-state index is 13.1. The molecule has 6 heteroatoms. The summed E-state index contributed by atoms with van der Waals surface area (Å²) in [5.41, 5.74) is 0.364. The molecule has 1 fully saturated rings. The maximum Gasteiger partial charge on any atom is 0.224 e. The molecule has 1 aliphatic heterocycles. The number of carbonyl (C=O) groups excluding carboxylic acids is 2. The lowest BCUT2D eigenvalue weighted by Crippen LogP contribution is -2.33. The van der Waals surface area contributed by atoms with Crippen molar-refractivity contribution in [3.63, 3.8) is 0 Å². The summed E-state index contributed by atoms with van der Waals surface area (Å²) in [6.07, 6.45) is 1.14. The molecule has 5 nitrogen and oxygen atoms in total. The van der Waals surface area contributed by atoms with Crippen LogP contribution in [-0.2, 0) is 9.59 Å². The van der Waals surface area contributed by atoms with Gasteiger partial charge < -0.3 is 15.3 Å². The number of aliphatic hydroxyl groups excluding tert-OH is 1. The average molecular weight is 308 g/mol. The smallest absolute Gasteiger partial charge is 0.224 e. The SMILES string of the molecule is O=C(CC(O)c1cccc(F)c1)NCCC(=O)N1CCCC1. The van der Waals surface area contributed by atoms with Crippen LogP contribution < -0.4 is 5.32 Å². The summed E-state index contributed by atoms with van der Waals surface area (Å²) >= 11 is 0. The van der Waals surface area contributed by atoms with E-state index in [1.165, 1.54) is 18.2 Å². The molecule has 1 saturated heterocycles. The van der Waals surface area contributed by atoms with Crippen molar-refractivity contribution < 1.29 is 19.1 Å². The van der Waals surface area contributed by atoms with Crippen molar-refractivity contribution >= 4 is 11.8 Å². The Bertz CT molecular complexity index is 530. The number of nitrogens with zero attached hydrogens (tertiary/aromatic N) is 1. The highest BCUT2D eigenvalue weighted by molar-refractivity contribution is 5.79. The summed E-state index contributed by atoms with van der Waals surface area (Å²) in [5.74, 6) is -0.761. The first-order chi connectivity index (χ1) is 10.6. The van der Waals surface area contributed by atoms with Crippen molar-refractivity contribution in [2.75, 3.05) is 19.6 Å². The van der Waals surface area contributed by atoms with E-state index in [9.17, 15) is 19.1 Å². The van der Waals surface area contributed by atoms with Crippen LogP contribution in [0.4, 0.5) is 4.39 Å². The molecule has 22 heavy (non-hydrogen) atoms. The lowest BCUT2D eigenvalue weighted by atomic mass is 10.1. The van der Waals surface area contributed by atoms with Crippen molar-refractivity contribution in [2.24, 2.45) is 0 Å². The van der Waals surface area contributed by atoms with E-state index < -0.39 is 11.9 Å². The molecule has 0 bridgehead atoms. The van der Waals surface area contributed by atoms with Crippen LogP contribution in [0, 0.1) is 5.82 Å². The normalized spacial score (nSPS) is 15.6. The first-order valence-corrected chi connectivity index (χ1v) is 7.54. The Morgan fingerprint density at radius 3 is 2.73 bits per heavy atom. The van der Waals surface area contributed by atoms with Crippen LogP contribution in [0.2, 0.25) is 0 Å². The Hall–Kier alpha value is -1.95. The predicted molar refractivity (Wildman–Crippen MR) is 79.4 cm³/mol. The Morgan fingerprint density at radius 1 is 1.32 bits per heavy atom. The summed E-state index contributed by atoms with van der Waals surface area (Å²) in [4.78, 5) is 25.3. The number of halogens is 1. The van der Waals surface area contributed by atoms with Gasteiger partial charge in [-0.2, -0.15) is 0 Å². The fraction of sp³-hybridized carbons (Fsp3) is 0.500. The molecule has 1 aromatic carbocycles.